The van der Waals surface area contributed by atoms with Crippen LogP contribution in [0.4, 0.5) is 0 Å². The van der Waals surface area contributed by atoms with Gasteiger partial charge in [-0.1, -0.05) is 153 Å². The maximum atomic E-state index is 2.56. The molecule has 0 N–H and O–H groups in total. The van der Waals surface area contributed by atoms with E-state index in [1.807, 2.05) is 0 Å². The van der Waals surface area contributed by atoms with Crippen molar-refractivity contribution in [3.63, 3.8) is 0 Å². The molecule has 2 aliphatic rings. The number of hydrogen-bond donors (Lipinski definition) is 0. The highest BCUT2D eigenvalue weighted by Gasteiger charge is 2.53. The number of para-hydroxylation sites is 5. The number of fused-ring (bicyclic) bond motifs is 14. The van der Waals surface area contributed by atoms with Gasteiger partial charge in [0.2, 0.25) is 0 Å². The van der Waals surface area contributed by atoms with Crippen molar-refractivity contribution in [2.45, 2.75) is 18.5 Å². The molecule has 0 saturated heterocycles. The van der Waals surface area contributed by atoms with E-state index in [1.165, 1.54) is 98.7 Å². The van der Waals surface area contributed by atoms with E-state index in [1.54, 1.807) is 0 Å². The summed E-state index contributed by atoms with van der Waals surface area (Å²) in [5.74, 6) is 0. The first-order chi connectivity index (χ1) is 26.6. The molecule has 1 spiro atoms. The lowest BCUT2D eigenvalue weighted by Gasteiger charge is -2.49. The van der Waals surface area contributed by atoms with Crippen LogP contribution in [0.5, 0.6) is 0 Å². The van der Waals surface area contributed by atoms with E-state index < -0.39 is 13.5 Å². The minimum atomic E-state index is -2.10. The van der Waals surface area contributed by atoms with Gasteiger partial charge in [0.1, 0.15) is 8.07 Å². The standard InChI is InChI=1S/C51H36N2Si/c1-54(2)48-25-12-7-19-41(48)51(40-18-6-11-24-47(40)53-46-23-10-5-16-38(46)39-17-13-20-42(51)50(39)53)43-32-34(28-31-49(43)54)33-26-29-35(30-27-33)52-44-21-8-3-14-36(44)37-15-4-9-22-45(37)52/h3-32H,1-2H3. The smallest absolute Gasteiger partial charge is 0.113 e. The van der Waals surface area contributed by atoms with Crippen molar-refractivity contribution in [2.75, 3.05) is 0 Å². The van der Waals surface area contributed by atoms with E-state index in [0.29, 0.717) is 0 Å². The summed E-state index contributed by atoms with van der Waals surface area (Å²) < 4.78 is 4.94. The summed E-state index contributed by atoms with van der Waals surface area (Å²) in [5, 5.41) is 8.23. The fourth-order valence-electron chi connectivity index (χ4n) is 10.5. The van der Waals surface area contributed by atoms with Gasteiger partial charge in [-0.25, -0.2) is 0 Å². The molecule has 54 heavy (non-hydrogen) atoms. The van der Waals surface area contributed by atoms with Gasteiger partial charge in [-0.05, 0) is 86.2 Å². The topological polar surface area (TPSA) is 9.86 Å². The first kappa shape index (κ1) is 30.1. The van der Waals surface area contributed by atoms with Gasteiger partial charge in [-0.3, -0.25) is 0 Å². The van der Waals surface area contributed by atoms with E-state index in [4.69, 9.17) is 0 Å². The van der Waals surface area contributed by atoms with Crippen LogP contribution in [0.15, 0.2) is 182 Å². The second kappa shape index (κ2) is 10.6. The Hall–Kier alpha value is -6.42. The molecule has 1 atom stereocenters. The van der Waals surface area contributed by atoms with Gasteiger partial charge < -0.3 is 9.13 Å². The van der Waals surface area contributed by atoms with Crippen LogP contribution in [-0.4, -0.2) is 17.2 Å². The molecule has 3 heteroatoms. The fraction of sp³-hybridized carbons (Fsp3) is 0.0588. The molecule has 254 valence electrons. The lowest BCUT2D eigenvalue weighted by molar-refractivity contribution is 0.732. The van der Waals surface area contributed by atoms with Gasteiger partial charge in [0, 0.05) is 27.2 Å². The van der Waals surface area contributed by atoms with Gasteiger partial charge in [-0.2, -0.15) is 0 Å². The molecule has 12 rings (SSSR count). The second-order valence-electron chi connectivity index (χ2n) is 15.7. The Morgan fingerprint density at radius 2 is 0.907 bits per heavy atom. The number of rotatable bonds is 2. The van der Waals surface area contributed by atoms with Crippen molar-refractivity contribution >= 4 is 62.1 Å². The van der Waals surface area contributed by atoms with Crippen LogP contribution >= 0.6 is 0 Å². The molecule has 0 saturated carbocycles. The molecule has 1 unspecified atom stereocenters. The molecule has 0 bridgehead atoms. The zero-order valence-corrected chi connectivity index (χ0v) is 31.2. The highest BCUT2D eigenvalue weighted by atomic mass is 28.3. The van der Waals surface area contributed by atoms with Gasteiger partial charge in [-0.15, -0.1) is 0 Å². The van der Waals surface area contributed by atoms with Gasteiger partial charge in [0.05, 0.1) is 33.2 Å². The van der Waals surface area contributed by atoms with Crippen molar-refractivity contribution in [3.8, 4) is 22.5 Å². The monoisotopic (exact) mass is 704 g/mol. The first-order valence-corrected chi connectivity index (χ1v) is 22.0. The van der Waals surface area contributed by atoms with Crippen LogP contribution in [0.1, 0.15) is 22.3 Å². The number of aromatic nitrogens is 2. The number of hydrogen-bond acceptors (Lipinski definition) is 0. The van der Waals surface area contributed by atoms with Crippen molar-refractivity contribution in [2.24, 2.45) is 0 Å². The average Bonchev–Trinajstić information content (AvgIpc) is 3.75. The Morgan fingerprint density at radius 3 is 1.63 bits per heavy atom. The Kier molecular flexibility index (Phi) is 5.90. The summed E-state index contributed by atoms with van der Waals surface area (Å²) in [6, 6.07) is 68.7. The molecule has 0 radical (unpaired) electrons. The second-order valence-corrected chi connectivity index (χ2v) is 20.0. The van der Waals surface area contributed by atoms with E-state index in [0.717, 1.165) is 0 Å². The molecule has 2 aromatic heterocycles. The van der Waals surface area contributed by atoms with E-state index >= 15 is 0 Å². The van der Waals surface area contributed by atoms with E-state index in [9.17, 15) is 0 Å². The molecule has 10 aromatic rings. The van der Waals surface area contributed by atoms with Crippen LogP contribution in [0.25, 0.3) is 66.1 Å². The minimum Gasteiger partial charge on any atom is -0.309 e. The Morgan fingerprint density at radius 1 is 0.389 bits per heavy atom. The Balaban J connectivity index is 1.14. The Bertz CT molecular complexity index is 3140. The fourth-order valence-corrected chi connectivity index (χ4v) is 13.7. The molecule has 4 heterocycles. The maximum absolute atomic E-state index is 2.56. The molecular weight excluding hydrogens is 669 g/mol. The lowest BCUT2D eigenvalue weighted by atomic mass is 9.62. The highest BCUT2D eigenvalue weighted by Crippen LogP contribution is 2.55. The summed E-state index contributed by atoms with van der Waals surface area (Å²) in [6.45, 7) is 5.09. The predicted octanol–water partition coefficient (Wildman–Crippen LogP) is 11.4. The SMILES string of the molecule is C[Si]1(C)c2ccccc2C2(c3ccccc3-n3c4ccccc4c4cccc2c43)c2cc(-c3ccc(-n4c5ccccc5c5ccccc54)cc3)ccc21. The molecular formula is C51H36N2Si. The third kappa shape index (κ3) is 3.65. The summed E-state index contributed by atoms with van der Waals surface area (Å²) in [6.07, 6.45) is 0. The Labute approximate surface area is 315 Å². The van der Waals surface area contributed by atoms with Crippen molar-refractivity contribution in [1.82, 2.24) is 9.13 Å². The van der Waals surface area contributed by atoms with Crippen molar-refractivity contribution in [1.29, 1.82) is 0 Å². The molecule has 2 nitrogen and oxygen atoms in total. The molecule has 0 amide bonds. The van der Waals surface area contributed by atoms with Crippen LogP contribution < -0.4 is 10.4 Å². The highest BCUT2D eigenvalue weighted by molar-refractivity contribution is 7.01. The average molecular weight is 705 g/mol. The summed E-state index contributed by atoms with van der Waals surface area (Å²) in [5.41, 5.74) is 15.1. The minimum absolute atomic E-state index is 0.478. The normalized spacial score (nSPS) is 16.6. The number of nitrogens with zero attached hydrogens (tertiary/aromatic N) is 2. The molecule has 8 aromatic carbocycles. The van der Waals surface area contributed by atoms with Crippen LogP contribution in [-0.2, 0) is 5.41 Å². The maximum Gasteiger partial charge on any atom is 0.113 e. The molecule has 0 fully saturated rings. The predicted molar refractivity (Wildman–Crippen MR) is 229 cm³/mol. The van der Waals surface area contributed by atoms with Gasteiger partial charge in [0.15, 0.2) is 0 Å². The van der Waals surface area contributed by atoms with Crippen LogP contribution in [0.2, 0.25) is 13.1 Å². The van der Waals surface area contributed by atoms with Crippen LogP contribution in [0.3, 0.4) is 0 Å². The summed E-state index contributed by atoms with van der Waals surface area (Å²) >= 11 is 0. The number of benzene rings is 8. The van der Waals surface area contributed by atoms with Gasteiger partial charge in [0.25, 0.3) is 0 Å². The van der Waals surface area contributed by atoms with Crippen molar-refractivity contribution in [3.05, 3.63) is 204 Å². The largest absolute Gasteiger partial charge is 0.309 e. The zero-order chi connectivity index (χ0) is 35.8. The molecule has 0 aliphatic carbocycles. The summed E-state index contributed by atoms with van der Waals surface area (Å²) in [4.78, 5) is 0. The third-order valence-corrected chi connectivity index (χ3v) is 16.4. The van der Waals surface area contributed by atoms with Gasteiger partial charge >= 0.3 is 0 Å². The summed E-state index contributed by atoms with van der Waals surface area (Å²) in [7, 11) is -2.10. The van der Waals surface area contributed by atoms with Crippen molar-refractivity contribution < 1.29 is 0 Å². The quantitative estimate of drug-likeness (QED) is 0.159. The lowest BCUT2D eigenvalue weighted by Crippen LogP contribution is -2.63. The van der Waals surface area contributed by atoms with E-state index in [-0.39, 0.29) is 0 Å². The molecule has 2 aliphatic heterocycles. The third-order valence-electron chi connectivity index (χ3n) is 12.8. The van der Waals surface area contributed by atoms with E-state index in [2.05, 4.69) is 204 Å². The first-order valence-electron chi connectivity index (χ1n) is 19.0. The zero-order valence-electron chi connectivity index (χ0n) is 30.2. The van der Waals surface area contributed by atoms with Crippen LogP contribution in [0, 0.1) is 0 Å².